The number of carbonyl (C=O) groups excluding carboxylic acids is 1. The zero-order chi connectivity index (χ0) is 19.4. The number of nitrogens with zero attached hydrogens (tertiary/aromatic N) is 2. The fraction of sp³-hybridized carbons (Fsp3) is 0. The molecule has 0 saturated carbocycles. The van der Waals surface area contributed by atoms with E-state index in [1.165, 1.54) is 48.8 Å². The highest BCUT2D eigenvalue weighted by molar-refractivity contribution is 6.31. The number of benzene rings is 2. The summed E-state index contributed by atoms with van der Waals surface area (Å²) in [6.45, 7) is 0. The van der Waals surface area contributed by atoms with Crippen molar-refractivity contribution in [3.63, 3.8) is 0 Å². The molecule has 7 nitrogen and oxygen atoms in total. The highest BCUT2D eigenvalue weighted by Gasteiger charge is 2.11. The molecule has 0 radical (unpaired) electrons. The molecule has 3 rings (SSSR count). The van der Waals surface area contributed by atoms with Crippen molar-refractivity contribution >= 4 is 40.5 Å². The van der Waals surface area contributed by atoms with Crippen molar-refractivity contribution in [2.24, 2.45) is 0 Å². The minimum Gasteiger partial charge on any atom is -0.393 e. The Morgan fingerprint density at radius 3 is 2.44 bits per heavy atom. The lowest BCUT2D eigenvalue weighted by atomic mass is 10.2. The predicted octanol–water partition coefficient (Wildman–Crippen LogP) is 3.49. The zero-order valence-corrected chi connectivity index (χ0v) is 14.4. The molecule has 27 heavy (non-hydrogen) atoms. The quantitative estimate of drug-likeness (QED) is 0.497. The van der Waals surface area contributed by atoms with Crippen LogP contribution in [-0.4, -0.2) is 15.9 Å². The summed E-state index contributed by atoms with van der Waals surface area (Å²) in [6, 6.07) is 9.05. The van der Waals surface area contributed by atoms with Crippen molar-refractivity contribution in [2.75, 3.05) is 16.5 Å². The summed E-state index contributed by atoms with van der Waals surface area (Å²) in [5.74, 6) is -1.14. The van der Waals surface area contributed by atoms with Gasteiger partial charge in [0, 0.05) is 11.3 Å². The largest absolute Gasteiger partial charge is 0.393 e. The third-order valence-corrected chi connectivity index (χ3v) is 3.76. The molecule has 5 N–H and O–H groups in total. The fourth-order valence-corrected chi connectivity index (χ4v) is 2.28. The van der Waals surface area contributed by atoms with Gasteiger partial charge in [-0.25, -0.2) is 18.7 Å². The average molecular weight is 391 g/mol. The molecule has 0 aliphatic heterocycles. The number of rotatable bonds is 5. The molecule has 0 aliphatic rings. The molecule has 0 bridgehead atoms. The van der Waals surface area contributed by atoms with Crippen LogP contribution in [-0.2, 0) is 0 Å². The number of halogens is 3. The van der Waals surface area contributed by atoms with Gasteiger partial charge in [0.2, 0.25) is 0 Å². The van der Waals surface area contributed by atoms with Gasteiger partial charge in [-0.2, -0.15) is 0 Å². The van der Waals surface area contributed by atoms with E-state index in [-0.39, 0.29) is 27.9 Å². The van der Waals surface area contributed by atoms with Gasteiger partial charge in [-0.1, -0.05) is 11.6 Å². The molecular formula is C17H13ClF2N6O. The Bertz CT molecular complexity index is 984. The maximum atomic E-state index is 13.2. The summed E-state index contributed by atoms with van der Waals surface area (Å²) in [5.41, 5.74) is 11.8. The van der Waals surface area contributed by atoms with Gasteiger partial charge in [-0.15, -0.1) is 0 Å². The first kappa shape index (κ1) is 18.3. The number of aromatic nitrogens is 2. The SMILES string of the molecule is Nc1c(NNC(=O)c2ccc(F)cc2)ncnc1Nc1ccc(F)c(Cl)c1. The number of nitrogen functional groups attached to an aromatic ring is 1. The summed E-state index contributed by atoms with van der Waals surface area (Å²) < 4.78 is 26.1. The van der Waals surface area contributed by atoms with Crippen LogP contribution >= 0.6 is 11.6 Å². The second-order valence-electron chi connectivity index (χ2n) is 5.32. The second kappa shape index (κ2) is 7.83. The standard InChI is InChI=1S/C17H13ClF2N6O/c18-12-7-11(5-6-13(12)20)24-15-14(21)16(23-8-22-15)25-26-17(27)9-1-3-10(19)4-2-9/h1-8H,21H2,(H,26,27)(H2,22,23,24,25). The molecule has 0 saturated heterocycles. The molecule has 0 unspecified atom stereocenters. The maximum absolute atomic E-state index is 13.2. The average Bonchev–Trinajstić information content (AvgIpc) is 2.66. The Morgan fingerprint density at radius 2 is 1.74 bits per heavy atom. The van der Waals surface area contributed by atoms with Crippen LogP contribution in [0.25, 0.3) is 0 Å². The minimum atomic E-state index is -0.552. The van der Waals surface area contributed by atoms with E-state index in [9.17, 15) is 13.6 Å². The molecule has 1 aromatic heterocycles. The molecule has 1 amide bonds. The van der Waals surface area contributed by atoms with Gasteiger partial charge in [0.25, 0.3) is 5.91 Å². The van der Waals surface area contributed by atoms with Crippen LogP contribution in [0, 0.1) is 11.6 Å². The molecule has 10 heteroatoms. The van der Waals surface area contributed by atoms with E-state index in [4.69, 9.17) is 17.3 Å². The highest BCUT2D eigenvalue weighted by atomic mass is 35.5. The topological polar surface area (TPSA) is 105 Å². The molecule has 0 aliphatic carbocycles. The molecule has 3 aromatic rings. The Kier molecular flexibility index (Phi) is 5.32. The van der Waals surface area contributed by atoms with E-state index < -0.39 is 17.5 Å². The van der Waals surface area contributed by atoms with Crippen LogP contribution in [0.1, 0.15) is 10.4 Å². The van der Waals surface area contributed by atoms with Gasteiger partial charge in [0.15, 0.2) is 11.6 Å². The van der Waals surface area contributed by atoms with E-state index in [1.54, 1.807) is 0 Å². The number of amides is 1. The Hall–Kier alpha value is -3.46. The summed E-state index contributed by atoms with van der Waals surface area (Å²) in [7, 11) is 0. The van der Waals surface area contributed by atoms with Crippen molar-refractivity contribution < 1.29 is 13.6 Å². The molecule has 1 heterocycles. The van der Waals surface area contributed by atoms with Gasteiger partial charge in [0.1, 0.15) is 23.6 Å². The van der Waals surface area contributed by atoms with Crippen LogP contribution in [0.5, 0.6) is 0 Å². The summed E-state index contributed by atoms with van der Waals surface area (Å²) in [4.78, 5) is 20.0. The van der Waals surface area contributed by atoms with Gasteiger partial charge in [-0.3, -0.25) is 15.6 Å². The number of anilines is 4. The van der Waals surface area contributed by atoms with Crippen LogP contribution in [0.4, 0.5) is 31.8 Å². The van der Waals surface area contributed by atoms with Crippen molar-refractivity contribution in [1.29, 1.82) is 0 Å². The smallest absolute Gasteiger partial charge is 0.269 e. The number of carbonyl (C=O) groups is 1. The first-order valence-electron chi connectivity index (χ1n) is 7.58. The zero-order valence-electron chi connectivity index (χ0n) is 13.6. The lowest BCUT2D eigenvalue weighted by Gasteiger charge is -2.13. The van der Waals surface area contributed by atoms with E-state index >= 15 is 0 Å². The number of hydrogen-bond acceptors (Lipinski definition) is 6. The summed E-state index contributed by atoms with van der Waals surface area (Å²) >= 11 is 5.74. The van der Waals surface area contributed by atoms with Crippen molar-refractivity contribution in [3.05, 3.63) is 71.0 Å². The normalized spacial score (nSPS) is 10.3. The van der Waals surface area contributed by atoms with Crippen molar-refractivity contribution in [2.45, 2.75) is 0 Å². The first-order chi connectivity index (χ1) is 12.9. The van der Waals surface area contributed by atoms with Gasteiger partial charge in [-0.05, 0) is 42.5 Å². The Balaban J connectivity index is 1.71. The van der Waals surface area contributed by atoms with Crippen molar-refractivity contribution in [1.82, 2.24) is 15.4 Å². The highest BCUT2D eigenvalue weighted by Crippen LogP contribution is 2.27. The Labute approximate surface area is 157 Å². The number of hydrazine groups is 1. The second-order valence-corrected chi connectivity index (χ2v) is 5.73. The summed E-state index contributed by atoms with van der Waals surface area (Å²) in [6.07, 6.45) is 1.22. The van der Waals surface area contributed by atoms with Crippen LogP contribution in [0.2, 0.25) is 5.02 Å². The van der Waals surface area contributed by atoms with E-state index in [0.29, 0.717) is 5.69 Å². The minimum absolute atomic E-state index is 0.0578. The third kappa shape index (κ3) is 4.39. The molecule has 0 atom stereocenters. The molecule has 2 aromatic carbocycles. The number of hydrogen-bond donors (Lipinski definition) is 4. The van der Waals surface area contributed by atoms with Crippen molar-refractivity contribution in [3.8, 4) is 0 Å². The van der Waals surface area contributed by atoms with Crippen LogP contribution in [0.15, 0.2) is 48.8 Å². The van der Waals surface area contributed by atoms with Gasteiger partial charge >= 0.3 is 0 Å². The molecule has 0 fully saturated rings. The van der Waals surface area contributed by atoms with E-state index in [0.717, 1.165) is 0 Å². The third-order valence-electron chi connectivity index (χ3n) is 3.47. The number of nitrogens with two attached hydrogens (primary N) is 1. The molecule has 138 valence electrons. The fourth-order valence-electron chi connectivity index (χ4n) is 2.09. The van der Waals surface area contributed by atoms with E-state index in [1.807, 2.05) is 0 Å². The van der Waals surface area contributed by atoms with Crippen LogP contribution in [0.3, 0.4) is 0 Å². The monoisotopic (exact) mass is 390 g/mol. The van der Waals surface area contributed by atoms with E-state index in [2.05, 4.69) is 26.1 Å². The predicted molar refractivity (Wildman–Crippen MR) is 98.6 cm³/mol. The number of nitrogens with one attached hydrogen (secondary N) is 3. The maximum Gasteiger partial charge on any atom is 0.269 e. The van der Waals surface area contributed by atoms with Gasteiger partial charge in [0.05, 0.1) is 5.02 Å². The van der Waals surface area contributed by atoms with Gasteiger partial charge < -0.3 is 11.1 Å². The molecular weight excluding hydrogens is 378 g/mol. The van der Waals surface area contributed by atoms with Crippen LogP contribution < -0.4 is 21.9 Å². The first-order valence-corrected chi connectivity index (χ1v) is 7.96. The lowest BCUT2D eigenvalue weighted by molar-refractivity contribution is 0.0962. The summed E-state index contributed by atoms with van der Waals surface area (Å²) in [5, 5.41) is 2.83. The lowest BCUT2D eigenvalue weighted by Crippen LogP contribution is -2.30. The molecule has 0 spiro atoms. The Morgan fingerprint density at radius 1 is 1.04 bits per heavy atom.